The van der Waals surface area contributed by atoms with Crippen LogP contribution in [-0.2, 0) is 4.74 Å². The summed E-state index contributed by atoms with van der Waals surface area (Å²) in [5.74, 6) is 0. The maximum absolute atomic E-state index is 9.42. The summed E-state index contributed by atoms with van der Waals surface area (Å²) in [7, 11) is 0. The van der Waals surface area contributed by atoms with Gasteiger partial charge in [-0.1, -0.05) is 6.08 Å². The molecule has 0 aromatic carbocycles. The SMILES string of the molecule is CCOC(O)CC1=CCN(CCO)C=C1. The average Bonchev–Trinajstić information content (AvgIpc) is 2.22. The molecule has 1 heterocycles. The van der Waals surface area contributed by atoms with Gasteiger partial charge >= 0.3 is 0 Å². The van der Waals surface area contributed by atoms with Crippen LogP contribution in [0.4, 0.5) is 0 Å². The van der Waals surface area contributed by atoms with Gasteiger partial charge in [0.05, 0.1) is 6.61 Å². The molecule has 0 aromatic rings. The van der Waals surface area contributed by atoms with Gasteiger partial charge in [0.15, 0.2) is 6.29 Å². The van der Waals surface area contributed by atoms with Crippen LogP contribution in [0.1, 0.15) is 13.3 Å². The van der Waals surface area contributed by atoms with Crippen LogP contribution in [0, 0.1) is 0 Å². The second kappa shape index (κ2) is 6.61. The molecule has 15 heavy (non-hydrogen) atoms. The minimum Gasteiger partial charge on any atom is -0.395 e. The van der Waals surface area contributed by atoms with Gasteiger partial charge in [-0.05, 0) is 24.8 Å². The first-order valence-corrected chi connectivity index (χ1v) is 5.28. The Balaban J connectivity index is 2.31. The Hall–Kier alpha value is -0.840. The zero-order chi connectivity index (χ0) is 11.1. The molecule has 0 fully saturated rings. The van der Waals surface area contributed by atoms with E-state index in [9.17, 15) is 5.11 Å². The molecule has 0 bridgehead atoms. The highest BCUT2D eigenvalue weighted by Crippen LogP contribution is 2.13. The van der Waals surface area contributed by atoms with E-state index in [2.05, 4.69) is 0 Å². The molecule has 1 atom stereocenters. The molecule has 0 saturated heterocycles. The van der Waals surface area contributed by atoms with E-state index in [4.69, 9.17) is 9.84 Å². The summed E-state index contributed by atoms with van der Waals surface area (Å²) in [6.07, 6.45) is 5.73. The summed E-state index contributed by atoms with van der Waals surface area (Å²) in [5.41, 5.74) is 1.07. The Kier molecular flexibility index (Phi) is 5.39. The lowest BCUT2D eigenvalue weighted by Gasteiger charge is -2.22. The van der Waals surface area contributed by atoms with Crippen molar-refractivity contribution in [3.63, 3.8) is 0 Å². The van der Waals surface area contributed by atoms with Crippen LogP contribution in [-0.4, -0.2) is 47.7 Å². The quantitative estimate of drug-likeness (QED) is 0.630. The summed E-state index contributed by atoms with van der Waals surface area (Å²) in [6, 6.07) is 0. The minimum atomic E-state index is -0.713. The van der Waals surface area contributed by atoms with E-state index in [-0.39, 0.29) is 6.61 Å². The highest BCUT2D eigenvalue weighted by Gasteiger charge is 2.08. The van der Waals surface area contributed by atoms with Crippen LogP contribution in [0.15, 0.2) is 23.9 Å². The second-order valence-electron chi connectivity index (χ2n) is 3.43. The first-order valence-electron chi connectivity index (χ1n) is 5.28. The average molecular weight is 213 g/mol. The molecule has 0 amide bonds. The van der Waals surface area contributed by atoms with Crippen LogP contribution in [0.25, 0.3) is 0 Å². The van der Waals surface area contributed by atoms with Crippen LogP contribution < -0.4 is 0 Å². The van der Waals surface area contributed by atoms with Crippen molar-refractivity contribution in [2.45, 2.75) is 19.6 Å². The van der Waals surface area contributed by atoms with Gasteiger partial charge in [-0.2, -0.15) is 0 Å². The van der Waals surface area contributed by atoms with Gasteiger partial charge in [-0.15, -0.1) is 0 Å². The third-order valence-electron chi connectivity index (χ3n) is 2.24. The molecule has 0 aliphatic carbocycles. The number of aliphatic hydroxyl groups excluding tert-OH is 2. The lowest BCUT2D eigenvalue weighted by Crippen LogP contribution is -2.24. The lowest BCUT2D eigenvalue weighted by atomic mass is 10.1. The Bertz CT molecular complexity index is 238. The Morgan fingerprint density at radius 3 is 2.93 bits per heavy atom. The molecule has 0 spiro atoms. The standard InChI is InChI=1S/C11H19NO3/c1-2-15-11(14)9-10-3-5-12(6-4-10)7-8-13/h3-5,11,13-14H,2,6-9H2,1H3. The van der Waals surface area contributed by atoms with Gasteiger partial charge < -0.3 is 19.8 Å². The molecule has 86 valence electrons. The lowest BCUT2D eigenvalue weighted by molar-refractivity contribution is -0.0923. The molecule has 0 aromatic heterocycles. The van der Waals surface area contributed by atoms with Crippen LogP contribution in [0.3, 0.4) is 0 Å². The van der Waals surface area contributed by atoms with E-state index in [0.717, 1.165) is 12.1 Å². The van der Waals surface area contributed by atoms with E-state index in [1.165, 1.54) is 0 Å². The molecule has 2 N–H and O–H groups in total. The number of nitrogens with zero attached hydrogens (tertiary/aromatic N) is 1. The van der Waals surface area contributed by atoms with Crippen LogP contribution in [0.2, 0.25) is 0 Å². The maximum atomic E-state index is 9.42. The normalized spacial score (nSPS) is 17.8. The zero-order valence-electron chi connectivity index (χ0n) is 9.09. The predicted molar refractivity (Wildman–Crippen MR) is 58.1 cm³/mol. The number of β-amino-alcohol motifs (C(OH)–C–C–N with tert-alkyl or cyclic N) is 1. The van der Waals surface area contributed by atoms with Crippen molar-refractivity contribution in [2.75, 3.05) is 26.3 Å². The summed E-state index contributed by atoms with van der Waals surface area (Å²) < 4.78 is 5.05. The summed E-state index contributed by atoms with van der Waals surface area (Å²) in [6.45, 7) is 3.97. The molecular weight excluding hydrogens is 194 g/mol. The molecule has 0 saturated carbocycles. The number of allylic oxidation sites excluding steroid dienone is 1. The largest absolute Gasteiger partial charge is 0.395 e. The fraction of sp³-hybridized carbons (Fsp3) is 0.636. The summed E-state index contributed by atoms with van der Waals surface area (Å²) >= 11 is 0. The topological polar surface area (TPSA) is 52.9 Å². The van der Waals surface area contributed by atoms with E-state index >= 15 is 0 Å². The number of hydrogen-bond donors (Lipinski definition) is 2. The fourth-order valence-electron chi connectivity index (χ4n) is 1.46. The number of aliphatic hydroxyl groups is 2. The molecule has 1 rings (SSSR count). The molecule has 1 unspecified atom stereocenters. The predicted octanol–water partition coefficient (Wildman–Crippen LogP) is 0.479. The van der Waals surface area contributed by atoms with Crippen molar-refractivity contribution in [3.05, 3.63) is 23.9 Å². The van der Waals surface area contributed by atoms with Crippen molar-refractivity contribution >= 4 is 0 Å². The zero-order valence-corrected chi connectivity index (χ0v) is 9.09. The van der Waals surface area contributed by atoms with Crippen LogP contribution >= 0.6 is 0 Å². The monoisotopic (exact) mass is 213 g/mol. The Morgan fingerprint density at radius 1 is 1.60 bits per heavy atom. The fourth-order valence-corrected chi connectivity index (χ4v) is 1.46. The van der Waals surface area contributed by atoms with Gasteiger partial charge in [0.25, 0.3) is 0 Å². The Morgan fingerprint density at radius 2 is 2.40 bits per heavy atom. The van der Waals surface area contributed by atoms with Gasteiger partial charge in [0, 0.05) is 26.1 Å². The second-order valence-corrected chi connectivity index (χ2v) is 3.43. The first kappa shape index (κ1) is 12.2. The molecule has 4 heteroatoms. The van der Waals surface area contributed by atoms with Gasteiger partial charge in [0.2, 0.25) is 0 Å². The highest BCUT2D eigenvalue weighted by molar-refractivity contribution is 5.22. The van der Waals surface area contributed by atoms with Crippen molar-refractivity contribution < 1.29 is 14.9 Å². The first-order chi connectivity index (χ1) is 7.26. The van der Waals surface area contributed by atoms with Crippen molar-refractivity contribution in [2.24, 2.45) is 0 Å². The molecule has 1 aliphatic heterocycles. The van der Waals surface area contributed by atoms with Crippen molar-refractivity contribution in [3.8, 4) is 0 Å². The van der Waals surface area contributed by atoms with E-state index in [1.807, 2.05) is 30.2 Å². The van der Waals surface area contributed by atoms with E-state index in [1.54, 1.807) is 0 Å². The Labute approximate surface area is 90.5 Å². The third kappa shape index (κ3) is 4.46. The van der Waals surface area contributed by atoms with Crippen molar-refractivity contribution in [1.82, 2.24) is 4.90 Å². The summed E-state index contributed by atoms with van der Waals surface area (Å²) in [4.78, 5) is 2.01. The molecule has 1 aliphatic rings. The maximum Gasteiger partial charge on any atom is 0.158 e. The number of ether oxygens (including phenoxy) is 1. The number of hydrogen-bond acceptors (Lipinski definition) is 4. The van der Waals surface area contributed by atoms with Gasteiger partial charge in [-0.25, -0.2) is 0 Å². The minimum absolute atomic E-state index is 0.162. The van der Waals surface area contributed by atoms with Gasteiger partial charge in [0.1, 0.15) is 0 Å². The van der Waals surface area contributed by atoms with Crippen molar-refractivity contribution in [1.29, 1.82) is 0 Å². The third-order valence-corrected chi connectivity index (χ3v) is 2.24. The smallest absolute Gasteiger partial charge is 0.158 e. The highest BCUT2D eigenvalue weighted by atomic mass is 16.6. The van der Waals surface area contributed by atoms with Gasteiger partial charge in [-0.3, -0.25) is 0 Å². The molecule has 0 radical (unpaired) electrons. The van der Waals surface area contributed by atoms with E-state index in [0.29, 0.717) is 19.6 Å². The van der Waals surface area contributed by atoms with E-state index < -0.39 is 6.29 Å². The van der Waals surface area contributed by atoms with Crippen LogP contribution in [0.5, 0.6) is 0 Å². The number of rotatable bonds is 6. The molecule has 4 nitrogen and oxygen atoms in total. The summed E-state index contributed by atoms with van der Waals surface area (Å²) in [5, 5.41) is 18.2. The molecular formula is C11H19NO3.